The number of rotatable bonds is 4. The highest BCUT2D eigenvalue weighted by molar-refractivity contribution is 6.00. The van der Waals surface area contributed by atoms with E-state index in [0.717, 1.165) is 12.0 Å². The summed E-state index contributed by atoms with van der Waals surface area (Å²) in [4.78, 5) is 38.3. The minimum absolute atomic E-state index is 0.0670. The molecule has 6 nitrogen and oxygen atoms in total. The molecular formula is C21H23N3O3. The summed E-state index contributed by atoms with van der Waals surface area (Å²) >= 11 is 0. The minimum Gasteiger partial charge on any atom is -0.324 e. The van der Waals surface area contributed by atoms with Gasteiger partial charge in [-0.15, -0.1) is 0 Å². The standard InChI is InChI=1S/C21H23N3O3/c1-14-8-10-17(11-9-14)22-20(26)19-7-4-12-24(19)21(27)23-18-6-3-5-16(13-18)15(2)25/h3,5-6,8-11,13,19H,4,7,12H2,1-2H3,(H,22,26)(H,23,27). The summed E-state index contributed by atoms with van der Waals surface area (Å²) in [7, 11) is 0. The third-order valence-electron chi connectivity index (χ3n) is 4.66. The van der Waals surface area contributed by atoms with Crippen molar-refractivity contribution < 1.29 is 14.4 Å². The zero-order valence-electron chi connectivity index (χ0n) is 15.5. The number of anilines is 2. The number of hydrogen-bond acceptors (Lipinski definition) is 3. The molecule has 27 heavy (non-hydrogen) atoms. The van der Waals surface area contributed by atoms with Gasteiger partial charge in [0.25, 0.3) is 0 Å². The zero-order chi connectivity index (χ0) is 19.4. The van der Waals surface area contributed by atoms with Crippen molar-refractivity contribution in [3.63, 3.8) is 0 Å². The third-order valence-corrected chi connectivity index (χ3v) is 4.66. The van der Waals surface area contributed by atoms with Crippen LogP contribution in [0.15, 0.2) is 48.5 Å². The Balaban J connectivity index is 1.67. The van der Waals surface area contributed by atoms with Gasteiger partial charge in [-0.3, -0.25) is 9.59 Å². The van der Waals surface area contributed by atoms with Crippen LogP contribution in [0.2, 0.25) is 0 Å². The summed E-state index contributed by atoms with van der Waals surface area (Å²) in [5, 5.41) is 5.67. The monoisotopic (exact) mass is 365 g/mol. The van der Waals surface area contributed by atoms with Gasteiger partial charge in [0, 0.05) is 23.5 Å². The number of hydrogen-bond donors (Lipinski definition) is 2. The average molecular weight is 365 g/mol. The molecule has 3 amide bonds. The molecule has 1 saturated heterocycles. The van der Waals surface area contributed by atoms with E-state index in [1.165, 1.54) is 6.92 Å². The number of amides is 3. The molecule has 1 aliphatic heterocycles. The first-order valence-corrected chi connectivity index (χ1v) is 9.00. The first kappa shape index (κ1) is 18.6. The van der Waals surface area contributed by atoms with Crippen molar-refractivity contribution in [2.75, 3.05) is 17.2 Å². The number of Topliss-reactive ketones (excluding diaryl/α,β-unsaturated/α-hetero) is 1. The van der Waals surface area contributed by atoms with Gasteiger partial charge in [0.1, 0.15) is 6.04 Å². The molecule has 1 atom stereocenters. The molecule has 0 aliphatic carbocycles. The van der Waals surface area contributed by atoms with Gasteiger partial charge in [-0.1, -0.05) is 29.8 Å². The Hall–Kier alpha value is -3.15. The summed E-state index contributed by atoms with van der Waals surface area (Å²) in [5.41, 5.74) is 2.90. The van der Waals surface area contributed by atoms with Crippen LogP contribution < -0.4 is 10.6 Å². The minimum atomic E-state index is -0.512. The first-order valence-electron chi connectivity index (χ1n) is 9.00. The molecule has 2 N–H and O–H groups in total. The van der Waals surface area contributed by atoms with E-state index < -0.39 is 6.04 Å². The Morgan fingerprint density at radius 3 is 2.44 bits per heavy atom. The number of nitrogens with zero attached hydrogens (tertiary/aromatic N) is 1. The smallest absolute Gasteiger partial charge is 0.322 e. The molecule has 1 aliphatic rings. The van der Waals surface area contributed by atoms with E-state index >= 15 is 0 Å². The molecule has 140 valence electrons. The second kappa shape index (κ2) is 8.03. The third kappa shape index (κ3) is 4.53. The van der Waals surface area contributed by atoms with Crippen molar-refractivity contribution in [3.05, 3.63) is 59.7 Å². The van der Waals surface area contributed by atoms with Gasteiger partial charge in [-0.05, 0) is 51.0 Å². The number of aryl methyl sites for hydroxylation is 1. The second-order valence-electron chi connectivity index (χ2n) is 6.77. The van der Waals surface area contributed by atoms with Crippen LogP contribution in [0, 0.1) is 6.92 Å². The predicted molar refractivity (Wildman–Crippen MR) is 105 cm³/mol. The topological polar surface area (TPSA) is 78.5 Å². The van der Waals surface area contributed by atoms with Gasteiger partial charge in [0.2, 0.25) is 5.91 Å². The largest absolute Gasteiger partial charge is 0.324 e. The number of likely N-dealkylation sites (tertiary alicyclic amines) is 1. The fourth-order valence-corrected chi connectivity index (χ4v) is 3.16. The zero-order valence-corrected chi connectivity index (χ0v) is 15.5. The van der Waals surface area contributed by atoms with Crippen LogP contribution in [-0.2, 0) is 4.79 Å². The summed E-state index contributed by atoms with van der Waals surface area (Å²) in [5.74, 6) is -0.258. The van der Waals surface area contributed by atoms with E-state index in [-0.39, 0.29) is 17.7 Å². The molecule has 3 rings (SSSR count). The molecule has 0 radical (unpaired) electrons. The Kier molecular flexibility index (Phi) is 5.54. The van der Waals surface area contributed by atoms with Crippen molar-refractivity contribution in [3.8, 4) is 0 Å². The van der Waals surface area contributed by atoms with E-state index in [4.69, 9.17) is 0 Å². The molecular weight excluding hydrogens is 342 g/mol. The lowest BCUT2D eigenvalue weighted by Gasteiger charge is -2.24. The van der Waals surface area contributed by atoms with Gasteiger partial charge < -0.3 is 15.5 Å². The number of ketones is 1. The number of nitrogens with one attached hydrogen (secondary N) is 2. The molecule has 0 saturated carbocycles. The summed E-state index contributed by atoms with van der Waals surface area (Å²) in [6, 6.07) is 13.5. The summed E-state index contributed by atoms with van der Waals surface area (Å²) in [6.45, 7) is 3.98. The van der Waals surface area contributed by atoms with Gasteiger partial charge in [-0.25, -0.2) is 4.79 Å². The highest BCUT2D eigenvalue weighted by Crippen LogP contribution is 2.21. The molecule has 0 spiro atoms. The van der Waals surface area contributed by atoms with Crippen LogP contribution in [0.1, 0.15) is 35.7 Å². The van der Waals surface area contributed by atoms with Crippen LogP contribution in [0.3, 0.4) is 0 Å². The Bertz CT molecular complexity index is 861. The molecule has 0 aromatic heterocycles. The van der Waals surface area contributed by atoms with Gasteiger partial charge in [0.05, 0.1) is 0 Å². The number of urea groups is 1. The SMILES string of the molecule is CC(=O)c1cccc(NC(=O)N2CCCC2C(=O)Nc2ccc(C)cc2)c1. The first-order chi connectivity index (χ1) is 12.9. The average Bonchev–Trinajstić information content (AvgIpc) is 3.14. The van der Waals surface area contributed by atoms with Crippen molar-refractivity contribution in [2.45, 2.75) is 32.7 Å². The molecule has 1 unspecified atom stereocenters. The van der Waals surface area contributed by atoms with E-state index in [1.807, 2.05) is 31.2 Å². The lowest BCUT2D eigenvalue weighted by Crippen LogP contribution is -2.45. The van der Waals surface area contributed by atoms with E-state index in [2.05, 4.69) is 10.6 Å². The van der Waals surface area contributed by atoms with E-state index in [9.17, 15) is 14.4 Å². The van der Waals surface area contributed by atoms with E-state index in [0.29, 0.717) is 29.9 Å². The fourth-order valence-electron chi connectivity index (χ4n) is 3.16. The molecule has 1 heterocycles. The maximum Gasteiger partial charge on any atom is 0.322 e. The number of carbonyl (C=O) groups is 3. The Morgan fingerprint density at radius 2 is 1.74 bits per heavy atom. The van der Waals surface area contributed by atoms with Crippen LogP contribution in [-0.4, -0.2) is 35.2 Å². The number of benzene rings is 2. The summed E-state index contributed by atoms with van der Waals surface area (Å²) in [6.07, 6.45) is 1.39. The maximum absolute atomic E-state index is 12.7. The van der Waals surface area contributed by atoms with Gasteiger partial charge in [-0.2, -0.15) is 0 Å². The predicted octanol–water partition coefficient (Wildman–Crippen LogP) is 3.83. The van der Waals surface area contributed by atoms with Gasteiger partial charge >= 0.3 is 6.03 Å². The normalized spacial score (nSPS) is 16.1. The second-order valence-corrected chi connectivity index (χ2v) is 6.77. The number of carbonyl (C=O) groups excluding carboxylic acids is 3. The lowest BCUT2D eigenvalue weighted by atomic mass is 10.1. The van der Waals surface area contributed by atoms with Crippen LogP contribution in [0.4, 0.5) is 16.2 Å². The van der Waals surface area contributed by atoms with Crippen molar-refractivity contribution in [1.82, 2.24) is 4.90 Å². The highest BCUT2D eigenvalue weighted by atomic mass is 16.2. The molecule has 1 fully saturated rings. The maximum atomic E-state index is 12.7. The Morgan fingerprint density at radius 1 is 1.00 bits per heavy atom. The van der Waals surface area contributed by atoms with Crippen LogP contribution in [0.5, 0.6) is 0 Å². The van der Waals surface area contributed by atoms with Crippen molar-refractivity contribution in [2.24, 2.45) is 0 Å². The fraction of sp³-hybridized carbons (Fsp3) is 0.286. The molecule has 2 aromatic rings. The van der Waals surface area contributed by atoms with Crippen LogP contribution in [0.25, 0.3) is 0 Å². The summed E-state index contributed by atoms with van der Waals surface area (Å²) < 4.78 is 0. The van der Waals surface area contributed by atoms with Crippen molar-refractivity contribution >= 4 is 29.1 Å². The molecule has 2 aromatic carbocycles. The Labute approximate surface area is 158 Å². The lowest BCUT2D eigenvalue weighted by molar-refractivity contribution is -0.119. The molecule has 0 bridgehead atoms. The quantitative estimate of drug-likeness (QED) is 0.808. The highest BCUT2D eigenvalue weighted by Gasteiger charge is 2.34. The van der Waals surface area contributed by atoms with Crippen LogP contribution >= 0.6 is 0 Å². The molecule has 6 heteroatoms. The van der Waals surface area contributed by atoms with Gasteiger partial charge in [0.15, 0.2) is 5.78 Å². The van der Waals surface area contributed by atoms with Crippen molar-refractivity contribution in [1.29, 1.82) is 0 Å². The van der Waals surface area contributed by atoms with E-state index in [1.54, 1.807) is 29.2 Å².